The number of aromatic amines is 1. The topological polar surface area (TPSA) is 102 Å². The van der Waals surface area contributed by atoms with Crippen molar-refractivity contribution < 1.29 is 19.0 Å². The largest absolute Gasteiger partial charge is 0.448 e. The molecule has 2 aliphatic heterocycles. The van der Waals surface area contributed by atoms with E-state index in [0.29, 0.717) is 45.3 Å². The summed E-state index contributed by atoms with van der Waals surface area (Å²) in [6.07, 6.45) is 5.96. The molecule has 0 unspecified atom stereocenters. The molecular formula is C27H34ClN3O5S. The molecule has 8 nitrogen and oxygen atoms in total. The second-order valence-corrected chi connectivity index (χ2v) is 11.6. The van der Waals surface area contributed by atoms with E-state index in [4.69, 9.17) is 25.8 Å². The number of aryl methyl sites for hydroxylation is 1. The molecule has 3 aliphatic rings. The summed E-state index contributed by atoms with van der Waals surface area (Å²) in [5, 5.41) is 6.90. The monoisotopic (exact) mass is 547 g/mol. The van der Waals surface area contributed by atoms with Gasteiger partial charge in [-0.3, -0.25) is 9.59 Å². The Labute approximate surface area is 226 Å². The zero-order chi connectivity index (χ0) is 26.3. The number of nitrogens with one attached hydrogen (secondary N) is 3. The number of aromatic nitrogens is 1. The van der Waals surface area contributed by atoms with Crippen molar-refractivity contribution in [2.75, 3.05) is 19.5 Å². The predicted octanol–water partition coefficient (Wildman–Crippen LogP) is 4.33. The normalized spacial score (nSPS) is 25.1. The van der Waals surface area contributed by atoms with Gasteiger partial charge < -0.3 is 29.8 Å². The van der Waals surface area contributed by atoms with E-state index in [2.05, 4.69) is 15.6 Å². The molecule has 3 heterocycles. The van der Waals surface area contributed by atoms with E-state index < -0.39 is 5.79 Å². The first kappa shape index (κ1) is 26.4. The lowest BCUT2D eigenvalue weighted by Gasteiger charge is -2.39. The molecule has 1 aromatic carbocycles. The molecule has 37 heavy (non-hydrogen) atoms. The Kier molecular flexibility index (Phi) is 7.51. The van der Waals surface area contributed by atoms with Gasteiger partial charge in [0.25, 0.3) is 17.3 Å². The highest BCUT2D eigenvalue weighted by atomic mass is 35.5. The minimum atomic E-state index is -0.834. The molecule has 0 bridgehead atoms. The van der Waals surface area contributed by atoms with Gasteiger partial charge >= 0.3 is 0 Å². The lowest BCUT2D eigenvalue weighted by molar-refractivity contribution is -0.122. The number of hydrogen-bond donors (Lipinski definition) is 3. The van der Waals surface area contributed by atoms with Gasteiger partial charge in [-0.25, -0.2) is 0 Å². The van der Waals surface area contributed by atoms with Crippen LogP contribution in [-0.4, -0.2) is 48.2 Å². The number of benzene rings is 1. The van der Waals surface area contributed by atoms with E-state index in [0.717, 1.165) is 49.5 Å². The van der Waals surface area contributed by atoms with Gasteiger partial charge in [0.05, 0.1) is 24.3 Å². The Balaban J connectivity index is 1.28. The third-order valence-corrected chi connectivity index (χ3v) is 8.83. The van der Waals surface area contributed by atoms with Crippen LogP contribution >= 0.6 is 23.4 Å². The van der Waals surface area contributed by atoms with Crippen LogP contribution in [0, 0.1) is 19.8 Å². The number of pyridine rings is 1. The minimum absolute atomic E-state index is 0.109. The van der Waals surface area contributed by atoms with E-state index in [-0.39, 0.29) is 23.9 Å². The van der Waals surface area contributed by atoms with Crippen LogP contribution in [-0.2, 0) is 11.3 Å². The van der Waals surface area contributed by atoms with Gasteiger partial charge in [-0.1, -0.05) is 11.6 Å². The molecule has 1 aromatic heterocycles. The maximum absolute atomic E-state index is 13.2. The number of rotatable bonds is 7. The molecule has 10 heteroatoms. The van der Waals surface area contributed by atoms with Crippen LogP contribution in [0.1, 0.15) is 59.8 Å². The third-order valence-electron chi connectivity index (χ3n) is 7.75. The van der Waals surface area contributed by atoms with Crippen LogP contribution in [0.15, 0.2) is 21.8 Å². The van der Waals surface area contributed by atoms with E-state index in [1.165, 1.54) is 11.8 Å². The first-order valence-corrected chi connectivity index (χ1v) is 14.4. The average molecular weight is 548 g/mol. The van der Waals surface area contributed by atoms with Crippen molar-refractivity contribution in [2.24, 2.45) is 5.92 Å². The zero-order valence-electron chi connectivity index (χ0n) is 21.7. The SMILES string of the molecule is CSc1cc(C)[nH]c(=O)c1CNC(=O)c1cc(Cl)c2c(c1C)O[C@@](C)([C@H]1CC[C@@H](NC3COC3)CC1)O2. The lowest BCUT2D eigenvalue weighted by atomic mass is 9.81. The van der Waals surface area contributed by atoms with E-state index in [1.807, 2.05) is 33.1 Å². The van der Waals surface area contributed by atoms with Crippen molar-refractivity contribution in [3.8, 4) is 11.5 Å². The average Bonchev–Trinajstić information content (AvgIpc) is 3.22. The standard InChI is InChI=1S/C27H34ClN3O5S/c1-14-9-22(37-4)20(26(33)30-14)11-29-25(32)19-10-21(28)24-23(15(19)2)35-27(3,36-24)16-5-7-17(8-6-16)31-18-12-34-13-18/h9-10,16-18,31H,5-8,11-13H2,1-4H3,(H,29,32)(H,30,33)/t16-,17+,27-/m1/s1. The van der Waals surface area contributed by atoms with Gasteiger partial charge in [-0.2, -0.15) is 0 Å². The Bertz CT molecular complexity index is 1260. The van der Waals surface area contributed by atoms with Crippen molar-refractivity contribution in [1.82, 2.24) is 15.6 Å². The molecule has 0 radical (unpaired) electrons. The van der Waals surface area contributed by atoms with Crippen LogP contribution in [0.5, 0.6) is 11.5 Å². The maximum Gasteiger partial charge on any atom is 0.254 e. The van der Waals surface area contributed by atoms with Crippen molar-refractivity contribution in [2.45, 2.75) is 75.8 Å². The van der Waals surface area contributed by atoms with Crippen LogP contribution < -0.4 is 25.7 Å². The summed E-state index contributed by atoms with van der Waals surface area (Å²) in [5.41, 5.74) is 2.18. The van der Waals surface area contributed by atoms with E-state index >= 15 is 0 Å². The predicted molar refractivity (Wildman–Crippen MR) is 144 cm³/mol. The maximum atomic E-state index is 13.2. The fraction of sp³-hybridized carbons (Fsp3) is 0.556. The van der Waals surface area contributed by atoms with E-state index in [1.54, 1.807) is 6.07 Å². The molecular weight excluding hydrogens is 514 g/mol. The number of carbonyl (C=O) groups is 1. The number of amides is 1. The summed E-state index contributed by atoms with van der Waals surface area (Å²) in [6.45, 7) is 7.35. The molecule has 1 amide bonds. The first-order valence-electron chi connectivity index (χ1n) is 12.8. The van der Waals surface area contributed by atoms with Gasteiger partial charge in [0, 0.05) is 52.7 Å². The molecule has 2 aromatic rings. The van der Waals surface area contributed by atoms with Gasteiger partial charge in [0.2, 0.25) is 0 Å². The molecule has 5 rings (SSSR count). The smallest absolute Gasteiger partial charge is 0.254 e. The summed E-state index contributed by atoms with van der Waals surface area (Å²) in [5.74, 6) is 0.0630. The molecule has 3 N–H and O–H groups in total. The highest BCUT2D eigenvalue weighted by molar-refractivity contribution is 7.98. The summed E-state index contributed by atoms with van der Waals surface area (Å²) in [4.78, 5) is 29.3. The summed E-state index contributed by atoms with van der Waals surface area (Å²) in [7, 11) is 0. The quantitative estimate of drug-likeness (QED) is 0.443. The molecule has 1 saturated heterocycles. The molecule has 200 valence electrons. The number of H-pyrrole nitrogens is 1. The highest BCUT2D eigenvalue weighted by Crippen LogP contribution is 2.51. The summed E-state index contributed by atoms with van der Waals surface area (Å²) >= 11 is 8.08. The molecule has 2 fully saturated rings. The van der Waals surface area contributed by atoms with Crippen LogP contribution in [0.25, 0.3) is 0 Å². The van der Waals surface area contributed by atoms with Crippen LogP contribution in [0.3, 0.4) is 0 Å². The number of hydrogen-bond acceptors (Lipinski definition) is 7. The number of carbonyl (C=O) groups excluding carboxylic acids is 1. The zero-order valence-corrected chi connectivity index (χ0v) is 23.2. The van der Waals surface area contributed by atoms with Crippen molar-refractivity contribution in [3.63, 3.8) is 0 Å². The second kappa shape index (κ2) is 10.5. The summed E-state index contributed by atoms with van der Waals surface area (Å²) < 4.78 is 18.0. The molecule has 0 spiro atoms. The first-order chi connectivity index (χ1) is 17.7. The van der Waals surface area contributed by atoms with Crippen molar-refractivity contribution in [1.29, 1.82) is 0 Å². The van der Waals surface area contributed by atoms with Gasteiger partial charge in [-0.15, -0.1) is 11.8 Å². The van der Waals surface area contributed by atoms with Gasteiger partial charge in [0.1, 0.15) is 0 Å². The Morgan fingerprint density at radius 3 is 2.49 bits per heavy atom. The second-order valence-electron chi connectivity index (χ2n) is 10.4. The van der Waals surface area contributed by atoms with Crippen LogP contribution in [0.4, 0.5) is 0 Å². The van der Waals surface area contributed by atoms with Crippen molar-refractivity contribution in [3.05, 3.63) is 49.9 Å². The van der Waals surface area contributed by atoms with Crippen LogP contribution in [0.2, 0.25) is 5.02 Å². The number of halogens is 1. The number of ether oxygens (including phenoxy) is 3. The minimum Gasteiger partial charge on any atom is -0.448 e. The molecule has 1 saturated carbocycles. The summed E-state index contributed by atoms with van der Waals surface area (Å²) in [6, 6.07) is 4.49. The number of thioether (sulfide) groups is 1. The van der Waals surface area contributed by atoms with Gasteiger partial charge in [-0.05, 0) is 57.9 Å². The molecule has 1 atom stereocenters. The fourth-order valence-corrected chi connectivity index (χ4v) is 6.44. The Morgan fingerprint density at radius 2 is 1.84 bits per heavy atom. The Morgan fingerprint density at radius 1 is 1.14 bits per heavy atom. The molecule has 1 aliphatic carbocycles. The van der Waals surface area contributed by atoms with Crippen molar-refractivity contribution >= 4 is 29.3 Å². The lowest BCUT2D eigenvalue weighted by Crippen LogP contribution is -2.53. The van der Waals surface area contributed by atoms with Gasteiger partial charge in [0.15, 0.2) is 11.5 Å². The fourth-order valence-electron chi connectivity index (χ4n) is 5.50. The highest BCUT2D eigenvalue weighted by Gasteiger charge is 2.47. The third kappa shape index (κ3) is 5.24. The number of fused-ring (bicyclic) bond motifs is 1. The Hall–Kier alpha value is -2.20. The van der Waals surface area contributed by atoms with E-state index in [9.17, 15) is 9.59 Å².